The van der Waals surface area contributed by atoms with Crippen LogP contribution >= 0.6 is 0 Å². The van der Waals surface area contributed by atoms with Crippen LogP contribution in [0.2, 0.25) is 0 Å². The Labute approximate surface area is 161 Å². The van der Waals surface area contributed by atoms with Crippen molar-refractivity contribution in [1.82, 2.24) is 9.21 Å². The summed E-state index contributed by atoms with van der Waals surface area (Å²) < 4.78 is 31.0. The smallest absolute Gasteiger partial charge is 0.238 e. The van der Waals surface area contributed by atoms with E-state index in [1.54, 1.807) is 4.90 Å². The Kier molecular flexibility index (Phi) is 7.21. The molecule has 7 heteroatoms. The van der Waals surface area contributed by atoms with E-state index in [0.29, 0.717) is 25.4 Å². The Bertz CT molecular complexity index is 844. The Morgan fingerprint density at radius 1 is 1.07 bits per heavy atom. The maximum absolute atomic E-state index is 13.0. The third-order valence-electron chi connectivity index (χ3n) is 4.06. The zero-order chi connectivity index (χ0) is 20.0. The summed E-state index contributed by atoms with van der Waals surface area (Å²) in [4.78, 5) is 14.6. The van der Waals surface area contributed by atoms with Gasteiger partial charge in [0.1, 0.15) is 11.5 Å². The number of carbonyl (C=O) groups is 1. The SMILES string of the molecule is Cc1ccc(CN(Cc2ccccc2)C(=O)CN(CC(C)C)S(C)(=O)=O)o1. The third kappa shape index (κ3) is 6.84. The summed E-state index contributed by atoms with van der Waals surface area (Å²) in [5, 5.41) is 0. The van der Waals surface area contributed by atoms with Crippen molar-refractivity contribution in [1.29, 1.82) is 0 Å². The molecular formula is C20H28N2O4S. The first-order valence-electron chi connectivity index (χ1n) is 8.97. The molecule has 0 N–H and O–H groups in total. The van der Waals surface area contributed by atoms with Gasteiger partial charge < -0.3 is 9.32 Å². The lowest BCUT2D eigenvalue weighted by atomic mass is 10.2. The number of sulfonamides is 1. The number of carbonyl (C=O) groups excluding carboxylic acids is 1. The van der Waals surface area contributed by atoms with E-state index in [1.807, 2.05) is 63.2 Å². The van der Waals surface area contributed by atoms with Gasteiger partial charge in [0.05, 0.1) is 19.3 Å². The molecule has 0 spiro atoms. The average molecular weight is 393 g/mol. The number of furan rings is 1. The highest BCUT2D eigenvalue weighted by atomic mass is 32.2. The second kappa shape index (κ2) is 9.19. The topological polar surface area (TPSA) is 70.8 Å². The lowest BCUT2D eigenvalue weighted by Crippen LogP contribution is -2.43. The van der Waals surface area contributed by atoms with Crippen molar-refractivity contribution in [3.05, 3.63) is 59.5 Å². The highest BCUT2D eigenvalue weighted by Gasteiger charge is 2.25. The molecule has 0 atom stereocenters. The van der Waals surface area contributed by atoms with Gasteiger partial charge in [0.2, 0.25) is 15.9 Å². The molecule has 1 amide bonds. The Morgan fingerprint density at radius 3 is 2.26 bits per heavy atom. The molecule has 0 unspecified atom stereocenters. The molecule has 0 aliphatic carbocycles. The van der Waals surface area contributed by atoms with Crippen molar-refractivity contribution in [3.8, 4) is 0 Å². The van der Waals surface area contributed by atoms with E-state index in [1.165, 1.54) is 4.31 Å². The minimum absolute atomic E-state index is 0.128. The second-order valence-electron chi connectivity index (χ2n) is 7.20. The van der Waals surface area contributed by atoms with Crippen molar-refractivity contribution >= 4 is 15.9 Å². The van der Waals surface area contributed by atoms with Gasteiger partial charge in [0.15, 0.2) is 0 Å². The molecule has 0 saturated heterocycles. The average Bonchev–Trinajstić information content (AvgIpc) is 2.98. The van der Waals surface area contributed by atoms with Gasteiger partial charge in [-0.25, -0.2) is 8.42 Å². The van der Waals surface area contributed by atoms with E-state index in [9.17, 15) is 13.2 Å². The number of hydrogen-bond acceptors (Lipinski definition) is 4. The van der Waals surface area contributed by atoms with Crippen LogP contribution in [0, 0.1) is 12.8 Å². The zero-order valence-corrected chi connectivity index (χ0v) is 17.2. The van der Waals surface area contributed by atoms with Gasteiger partial charge in [0, 0.05) is 13.1 Å². The lowest BCUT2D eigenvalue weighted by Gasteiger charge is -2.27. The fraction of sp³-hybridized carbons (Fsp3) is 0.450. The predicted molar refractivity (Wildman–Crippen MR) is 105 cm³/mol. The Hall–Kier alpha value is -2.12. The number of aryl methyl sites for hydroxylation is 1. The normalized spacial score (nSPS) is 11.9. The first kappa shape index (κ1) is 21.2. The van der Waals surface area contributed by atoms with Gasteiger partial charge in [-0.3, -0.25) is 4.79 Å². The molecule has 2 rings (SSSR count). The van der Waals surface area contributed by atoms with Gasteiger partial charge in [-0.1, -0.05) is 44.2 Å². The van der Waals surface area contributed by atoms with Gasteiger partial charge >= 0.3 is 0 Å². The molecule has 0 aliphatic rings. The molecule has 0 bridgehead atoms. The molecule has 0 radical (unpaired) electrons. The molecule has 1 aromatic heterocycles. The molecule has 0 aliphatic heterocycles. The van der Waals surface area contributed by atoms with Crippen LogP contribution < -0.4 is 0 Å². The lowest BCUT2D eigenvalue weighted by molar-refractivity contribution is -0.133. The monoisotopic (exact) mass is 392 g/mol. The summed E-state index contributed by atoms with van der Waals surface area (Å²) in [5.41, 5.74) is 0.976. The van der Waals surface area contributed by atoms with Crippen LogP contribution in [0.15, 0.2) is 46.9 Å². The Balaban J connectivity index is 2.20. The van der Waals surface area contributed by atoms with Gasteiger partial charge in [-0.05, 0) is 30.5 Å². The number of rotatable bonds is 9. The molecule has 27 heavy (non-hydrogen) atoms. The molecule has 6 nitrogen and oxygen atoms in total. The molecule has 148 valence electrons. The first-order valence-corrected chi connectivity index (χ1v) is 10.8. The summed E-state index contributed by atoms with van der Waals surface area (Å²) in [7, 11) is -3.47. The predicted octanol–water partition coefficient (Wildman–Crippen LogP) is 3.03. The zero-order valence-electron chi connectivity index (χ0n) is 16.4. The highest BCUT2D eigenvalue weighted by Crippen LogP contribution is 2.14. The van der Waals surface area contributed by atoms with Crippen LogP contribution in [0.25, 0.3) is 0 Å². The van der Waals surface area contributed by atoms with E-state index >= 15 is 0 Å². The van der Waals surface area contributed by atoms with Crippen LogP contribution in [0.5, 0.6) is 0 Å². The van der Waals surface area contributed by atoms with E-state index < -0.39 is 10.0 Å². The van der Waals surface area contributed by atoms with Crippen molar-refractivity contribution in [3.63, 3.8) is 0 Å². The molecule has 0 saturated carbocycles. The number of hydrogen-bond donors (Lipinski definition) is 0. The minimum Gasteiger partial charge on any atom is -0.464 e. The second-order valence-corrected chi connectivity index (χ2v) is 9.18. The minimum atomic E-state index is -3.47. The highest BCUT2D eigenvalue weighted by molar-refractivity contribution is 7.88. The van der Waals surface area contributed by atoms with E-state index in [4.69, 9.17) is 4.42 Å². The van der Waals surface area contributed by atoms with Crippen LogP contribution in [-0.2, 0) is 27.9 Å². The van der Waals surface area contributed by atoms with Crippen LogP contribution in [0.4, 0.5) is 0 Å². The summed E-state index contributed by atoms with van der Waals surface area (Å²) >= 11 is 0. The Morgan fingerprint density at radius 2 is 1.74 bits per heavy atom. The van der Waals surface area contributed by atoms with E-state index in [2.05, 4.69) is 0 Å². The van der Waals surface area contributed by atoms with Crippen LogP contribution in [0.1, 0.15) is 30.9 Å². The summed E-state index contributed by atoms with van der Waals surface area (Å²) in [6.07, 6.45) is 1.14. The number of amides is 1. The van der Waals surface area contributed by atoms with Gasteiger partial charge in [-0.2, -0.15) is 4.31 Å². The fourth-order valence-corrected chi connectivity index (χ4v) is 3.68. The number of nitrogens with zero attached hydrogens (tertiary/aromatic N) is 2. The van der Waals surface area contributed by atoms with Crippen molar-refractivity contribution < 1.29 is 17.6 Å². The molecule has 1 aromatic carbocycles. The quantitative estimate of drug-likeness (QED) is 0.658. The molecule has 0 fully saturated rings. The first-order chi connectivity index (χ1) is 12.6. The maximum Gasteiger partial charge on any atom is 0.238 e. The summed E-state index contributed by atoms with van der Waals surface area (Å²) in [6.45, 7) is 6.51. The maximum atomic E-state index is 13.0. The summed E-state index contributed by atoms with van der Waals surface area (Å²) in [5.74, 6) is 1.32. The standard InChI is InChI=1S/C20H28N2O4S/c1-16(2)12-22(27(4,24)25)15-20(23)21(13-18-8-6-5-7-9-18)14-19-11-10-17(3)26-19/h5-11,16H,12-15H2,1-4H3. The van der Waals surface area contributed by atoms with E-state index in [0.717, 1.165) is 17.6 Å². The molecule has 2 aromatic rings. The summed E-state index contributed by atoms with van der Waals surface area (Å²) in [6, 6.07) is 13.3. The molecule has 1 heterocycles. The van der Waals surface area contributed by atoms with Crippen molar-refractivity contribution in [2.45, 2.75) is 33.9 Å². The number of benzene rings is 1. The van der Waals surface area contributed by atoms with Crippen LogP contribution in [0.3, 0.4) is 0 Å². The van der Waals surface area contributed by atoms with Gasteiger partial charge in [-0.15, -0.1) is 0 Å². The fourth-order valence-electron chi connectivity index (χ4n) is 2.77. The largest absolute Gasteiger partial charge is 0.464 e. The van der Waals surface area contributed by atoms with Crippen molar-refractivity contribution in [2.24, 2.45) is 5.92 Å². The third-order valence-corrected chi connectivity index (χ3v) is 5.28. The molecular weight excluding hydrogens is 364 g/mol. The van der Waals surface area contributed by atoms with Gasteiger partial charge in [0.25, 0.3) is 0 Å². The van der Waals surface area contributed by atoms with Crippen molar-refractivity contribution in [2.75, 3.05) is 19.3 Å². The van der Waals surface area contributed by atoms with Crippen LogP contribution in [-0.4, -0.2) is 42.9 Å². The van der Waals surface area contributed by atoms with E-state index in [-0.39, 0.29) is 18.4 Å².